The van der Waals surface area contributed by atoms with Crippen LogP contribution in [-0.4, -0.2) is 4.98 Å². The highest BCUT2D eigenvalue weighted by molar-refractivity contribution is 9.10. The maximum Gasteiger partial charge on any atom is 0.0593 e. The number of para-hydroxylation sites is 1. The first-order valence-corrected chi connectivity index (χ1v) is 5.75. The molecule has 0 unspecified atom stereocenters. The molecule has 2 aromatic rings. The van der Waals surface area contributed by atoms with Crippen LogP contribution in [0.2, 0.25) is 0 Å². The standard InChI is InChI=1S/C12H12BrN3/c13-10-8-15-6-5-12(10)16-11-4-2-1-3-9(11)7-14/h1-6,8H,7,14H2,(H,15,16). The topological polar surface area (TPSA) is 50.9 Å². The molecule has 0 fully saturated rings. The molecule has 0 aliphatic heterocycles. The highest BCUT2D eigenvalue weighted by atomic mass is 79.9. The molecule has 0 aliphatic rings. The van der Waals surface area contributed by atoms with Crippen molar-refractivity contribution in [1.29, 1.82) is 0 Å². The van der Waals surface area contributed by atoms with Gasteiger partial charge in [0.2, 0.25) is 0 Å². The van der Waals surface area contributed by atoms with E-state index in [1.807, 2.05) is 30.3 Å². The first kappa shape index (κ1) is 11.1. The zero-order valence-electron chi connectivity index (χ0n) is 8.65. The van der Waals surface area contributed by atoms with Crippen molar-refractivity contribution in [2.75, 3.05) is 5.32 Å². The summed E-state index contributed by atoms with van der Waals surface area (Å²) in [6.45, 7) is 0.520. The number of halogens is 1. The van der Waals surface area contributed by atoms with E-state index in [2.05, 4.69) is 26.2 Å². The molecule has 0 saturated heterocycles. The fourth-order valence-corrected chi connectivity index (χ4v) is 1.79. The van der Waals surface area contributed by atoms with E-state index >= 15 is 0 Å². The molecule has 0 spiro atoms. The Balaban J connectivity index is 2.30. The fourth-order valence-electron chi connectivity index (χ4n) is 1.44. The van der Waals surface area contributed by atoms with Crippen molar-refractivity contribution in [3.63, 3.8) is 0 Å². The summed E-state index contributed by atoms with van der Waals surface area (Å²) in [5.41, 5.74) is 8.77. The van der Waals surface area contributed by atoms with Crippen molar-refractivity contribution >= 4 is 27.3 Å². The highest BCUT2D eigenvalue weighted by Gasteiger charge is 2.02. The third kappa shape index (κ3) is 2.40. The minimum absolute atomic E-state index is 0.520. The predicted molar refractivity (Wildman–Crippen MR) is 69.6 cm³/mol. The molecule has 0 saturated carbocycles. The lowest BCUT2D eigenvalue weighted by molar-refractivity contribution is 1.07. The largest absolute Gasteiger partial charge is 0.354 e. The van der Waals surface area contributed by atoms with E-state index in [0.29, 0.717) is 6.54 Å². The number of nitrogens with zero attached hydrogens (tertiary/aromatic N) is 1. The number of nitrogens with two attached hydrogens (primary N) is 1. The van der Waals surface area contributed by atoms with Gasteiger partial charge in [0, 0.05) is 24.6 Å². The smallest absolute Gasteiger partial charge is 0.0593 e. The molecule has 16 heavy (non-hydrogen) atoms. The molecule has 1 aromatic heterocycles. The van der Waals surface area contributed by atoms with Crippen molar-refractivity contribution in [2.45, 2.75) is 6.54 Å². The monoisotopic (exact) mass is 277 g/mol. The average Bonchev–Trinajstić information content (AvgIpc) is 2.33. The molecule has 0 radical (unpaired) electrons. The normalized spacial score (nSPS) is 10.1. The van der Waals surface area contributed by atoms with Crippen molar-refractivity contribution < 1.29 is 0 Å². The van der Waals surface area contributed by atoms with Gasteiger partial charge in [0.25, 0.3) is 0 Å². The Kier molecular flexibility index (Phi) is 3.54. The second kappa shape index (κ2) is 5.09. The molecule has 82 valence electrons. The average molecular weight is 278 g/mol. The Morgan fingerprint density at radius 3 is 2.75 bits per heavy atom. The van der Waals surface area contributed by atoms with E-state index in [4.69, 9.17) is 5.73 Å². The number of hydrogen-bond acceptors (Lipinski definition) is 3. The van der Waals surface area contributed by atoms with Crippen molar-refractivity contribution in [3.8, 4) is 0 Å². The summed E-state index contributed by atoms with van der Waals surface area (Å²) in [4.78, 5) is 4.02. The van der Waals surface area contributed by atoms with E-state index < -0.39 is 0 Å². The van der Waals surface area contributed by atoms with Gasteiger partial charge in [-0.05, 0) is 33.6 Å². The number of hydrogen-bond donors (Lipinski definition) is 2. The number of rotatable bonds is 3. The molecule has 0 atom stereocenters. The van der Waals surface area contributed by atoms with Crippen LogP contribution in [0.3, 0.4) is 0 Å². The zero-order chi connectivity index (χ0) is 11.4. The summed E-state index contributed by atoms with van der Waals surface area (Å²) < 4.78 is 0.932. The summed E-state index contributed by atoms with van der Waals surface area (Å²) in [5.74, 6) is 0. The second-order valence-electron chi connectivity index (χ2n) is 3.34. The Morgan fingerprint density at radius 1 is 1.19 bits per heavy atom. The molecule has 3 nitrogen and oxygen atoms in total. The van der Waals surface area contributed by atoms with Crippen LogP contribution in [0.15, 0.2) is 47.2 Å². The number of nitrogens with one attached hydrogen (secondary N) is 1. The SMILES string of the molecule is NCc1ccccc1Nc1ccncc1Br. The van der Waals surface area contributed by atoms with Gasteiger partial charge in [0.05, 0.1) is 10.2 Å². The third-order valence-electron chi connectivity index (χ3n) is 2.28. The first-order chi connectivity index (χ1) is 7.81. The van der Waals surface area contributed by atoms with Gasteiger partial charge in [-0.25, -0.2) is 0 Å². The molecule has 4 heteroatoms. The molecular weight excluding hydrogens is 266 g/mol. The maximum absolute atomic E-state index is 5.68. The van der Waals surface area contributed by atoms with Crippen LogP contribution in [0, 0.1) is 0 Å². The number of pyridine rings is 1. The van der Waals surface area contributed by atoms with E-state index in [1.165, 1.54) is 0 Å². The van der Waals surface area contributed by atoms with Gasteiger partial charge in [-0.1, -0.05) is 18.2 Å². The lowest BCUT2D eigenvalue weighted by Gasteiger charge is -2.11. The van der Waals surface area contributed by atoms with Crippen molar-refractivity contribution in [2.24, 2.45) is 5.73 Å². The fraction of sp³-hybridized carbons (Fsp3) is 0.0833. The van der Waals surface area contributed by atoms with Crippen LogP contribution < -0.4 is 11.1 Å². The van der Waals surface area contributed by atoms with Gasteiger partial charge in [-0.3, -0.25) is 4.98 Å². The summed E-state index contributed by atoms with van der Waals surface area (Å²) in [6, 6.07) is 9.90. The van der Waals surface area contributed by atoms with Crippen LogP contribution >= 0.6 is 15.9 Å². The van der Waals surface area contributed by atoms with Gasteiger partial charge < -0.3 is 11.1 Å². The lowest BCUT2D eigenvalue weighted by Crippen LogP contribution is -2.01. The van der Waals surface area contributed by atoms with E-state index in [0.717, 1.165) is 21.4 Å². The van der Waals surface area contributed by atoms with Gasteiger partial charge in [-0.15, -0.1) is 0 Å². The molecular formula is C12H12BrN3. The van der Waals surface area contributed by atoms with Crippen LogP contribution in [0.4, 0.5) is 11.4 Å². The lowest BCUT2D eigenvalue weighted by atomic mass is 10.1. The summed E-state index contributed by atoms with van der Waals surface area (Å²) in [7, 11) is 0. The van der Waals surface area contributed by atoms with Crippen LogP contribution in [0.25, 0.3) is 0 Å². The Labute approximate surface area is 103 Å². The Bertz CT molecular complexity index is 485. The van der Waals surface area contributed by atoms with Crippen LogP contribution in [0.5, 0.6) is 0 Å². The van der Waals surface area contributed by atoms with Gasteiger partial charge in [-0.2, -0.15) is 0 Å². The van der Waals surface area contributed by atoms with Crippen molar-refractivity contribution in [1.82, 2.24) is 4.98 Å². The molecule has 1 aromatic carbocycles. The Morgan fingerprint density at radius 2 is 2.00 bits per heavy atom. The molecule has 1 heterocycles. The summed E-state index contributed by atoms with van der Waals surface area (Å²) in [5, 5.41) is 3.32. The Hall–Kier alpha value is -1.39. The van der Waals surface area contributed by atoms with E-state index in [-0.39, 0.29) is 0 Å². The number of benzene rings is 1. The first-order valence-electron chi connectivity index (χ1n) is 4.96. The van der Waals surface area contributed by atoms with Gasteiger partial charge in [0.15, 0.2) is 0 Å². The van der Waals surface area contributed by atoms with E-state index in [1.54, 1.807) is 12.4 Å². The highest BCUT2D eigenvalue weighted by Crippen LogP contribution is 2.26. The third-order valence-corrected chi connectivity index (χ3v) is 2.91. The quantitative estimate of drug-likeness (QED) is 0.907. The minimum atomic E-state index is 0.520. The molecule has 0 bridgehead atoms. The molecule has 0 amide bonds. The van der Waals surface area contributed by atoms with Crippen LogP contribution in [0.1, 0.15) is 5.56 Å². The maximum atomic E-state index is 5.68. The molecule has 0 aliphatic carbocycles. The predicted octanol–water partition coefficient (Wildman–Crippen LogP) is 3.05. The number of anilines is 2. The van der Waals surface area contributed by atoms with Gasteiger partial charge in [0.1, 0.15) is 0 Å². The minimum Gasteiger partial charge on any atom is -0.354 e. The molecule has 2 rings (SSSR count). The van der Waals surface area contributed by atoms with Gasteiger partial charge >= 0.3 is 0 Å². The zero-order valence-corrected chi connectivity index (χ0v) is 10.2. The summed E-state index contributed by atoms with van der Waals surface area (Å²) >= 11 is 3.44. The van der Waals surface area contributed by atoms with Crippen molar-refractivity contribution in [3.05, 3.63) is 52.8 Å². The summed E-state index contributed by atoms with van der Waals surface area (Å²) in [6.07, 6.45) is 3.51. The van der Waals surface area contributed by atoms with Crippen LogP contribution in [-0.2, 0) is 6.54 Å². The second-order valence-corrected chi connectivity index (χ2v) is 4.20. The molecule has 3 N–H and O–H groups in total. The van der Waals surface area contributed by atoms with E-state index in [9.17, 15) is 0 Å². The number of aromatic nitrogens is 1.